The number of thiocarbonyl (C=S) groups is 1. The van der Waals surface area contributed by atoms with Crippen molar-refractivity contribution >= 4 is 28.9 Å². The van der Waals surface area contributed by atoms with E-state index in [1.54, 1.807) is 30.3 Å². The fraction of sp³-hybridized carbons (Fsp3) is 0.222. The molecule has 2 rings (SSSR count). The number of hydrogen-bond acceptors (Lipinski definition) is 3. The minimum atomic E-state index is -0.275. The molecule has 23 heavy (non-hydrogen) atoms. The van der Waals surface area contributed by atoms with Gasteiger partial charge in [-0.05, 0) is 47.5 Å². The molecular weight excluding hydrogens is 308 g/mol. The van der Waals surface area contributed by atoms with Crippen molar-refractivity contribution in [3.05, 3.63) is 59.7 Å². The molecule has 0 fully saturated rings. The summed E-state index contributed by atoms with van der Waals surface area (Å²) in [6, 6.07) is 14.0. The predicted octanol–water partition coefficient (Wildman–Crippen LogP) is 3.82. The zero-order chi connectivity index (χ0) is 17.0. The summed E-state index contributed by atoms with van der Waals surface area (Å²) in [4.78, 5) is 12.2. The lowest BCUT2D eigenvalue weighted by Crippen LogP contribution is -2.34. The predicted molar refractivity (Wildman–Crippen MR) is 96.9 cm³/mol. The number of phenols is 1. The number of amides is 1. The van der Waals surface area contributed by atoms with Gasteiger partial charge >= 0.3 is 0 Å². The van der Waals surface area contributed by atoms with E-state index in [1.165, 1.54) is 6.07 Å². The average Bonchev–Trinajstić information content (AvgIpc) is 2.46. The minimum Gasteiger partial charge on any atom is -0.508 e. The van der Waals surface area contributed by atoms with Crippen LogP contribution in [0, 0.1) is 0 Å². The Bertz CT molecular complexity index is 719. The average molecular weight is 328 g/mol. The molecule has 0 aliphatic carbocycles. The van der Waals surface area contributed by atoms with Crippen LogP contribution in [0.25, 0.3) is 0 Å². The molecule has 0 heterocycles. The summed E-state index contributed by atoms with van der Waals surface area (Å²) in [5.41, 5.74) is 2.35. The highest BCUT2D eigenvalue weighted by Crippen LogP contribution is 2.22. The van der Waals surface area contributed by atoms with Gasteiger partial charge in [0.25, 0.3) is 5.91 Å². The van der Waals surface area contributed by atoms with E-state index in [1.807, 2.05) is 12.1 Å². The Labute approximate surface area is 141 Å². The molecule has 4 nitrogen and oxygen atoms in total. The van der Waals surface area contributed by atoms with Crippen LogP contribution in [-0.4, -0.2) is 16.1 Å². The van der Waals surface area contributed by atoms with Gasteiger partial charge in [0.05, 0.1) is 0 Å². The van der Waals surface area contributed by atoms with Crippen LogP contribution in [-0.2, 0) is 5.41 Å². The maximum Gasteiger partial charge on any atom is 0.257 e. The van der Waals surface area contributed by atoms with Crippen molar-refractivity contribution in [1.29, 1.82) is 0 Å². The van der Waals surface area contributed by atoms with Crippen LogP contribution >= 0.6 is 12.2 Å². The lowest BCUT2D eigenvalue weighted by molar-refractivity contribution is 0.0977. The fourth-order valence-electron chi connectivity index (χ4n) is 2.04. The van der Waals surface area contributed by atoms with Gasteiger partial charge in [0.2, 0.25) is 0 Å². The number of hydrogen-bond donors (Lipinski definition) is 3. The molecule has 0 saturated carbocycles. The van der Waals surface area contributed by atoms with E-state index in [9.17, 15) is 9.90 Å². The van der Waals surface area contributed by atoms with Gasteiger partial charge in [-0.2, -0.15) is 0 Å². The normalized spacial score (nSPS) is 10.9. The van der Waals surface area contributed by atoms with Crippen molar-refractivity contribution in [3.8, 4) is 5.75 Å². The Hall–Kier alpha value is -2.40. The minimum absolute atomic E-state index is 0.0428. The number of benzene rings is 2. The van der Waals surface area contributed by atoms with Crippen LogP contribution < -0.4 is 10.6 Å². The maximum absolute atomic E-state index is 12.2. The van der Waals surface area contributed by atoms with Crippen LogP contribution in [0.1, 0.15) is 36.7 Å². The molecule has 2 aromatic rings. The first-order valence-corrected chi connectivity index (χ1v) is 7.68. The number of rotatable bonds is 2. The molecule has 0 unspecified atom stereocenters. The van der Waals surface area contributed by atoms with Crippen LogP contribution in [0.2, 0.25) is 0 Å². The van der Waals surface area contributed by atoms with Gasteiger partial charge in [-0.3, -0.25) is 10.1 Å². The van der Waals surface area contributed by atoms with E-state index in [-0.39, 0.29) is 22.2 Å². The Morgan fingerprint density at radius 3 is 2.30 bits per heavy atom. The first kappa shape index (κ1) is 17.0. The Balaban J connectivity index is 2.00. The van der Waals surface area contributed by atoms with Gasteiger partial charge in [0.15, 0.2) is 5.11 Å². The molecule has 0 aliphatic heterocycles. The molecule has 0 atom stereocenters. The number of phenolic OH excluding ortho intramolecular Hbond substituents is 1. The van der Waals surface area contributed by atoms with Crippen molar-refractivity contribution in [3.63, 3.8) is 0 Å². The van der Waals surface area contributed by atoms with Crippen LogP contribution in [0.15, 0.2) is 48.5 Å². The molecule has 0 aromatic heterocycles. The van der Waals surface area contributed by atoms with Gasteiger partial charge in [-0.1, -0.05) is 39.0 Å². The standard InChI is InChI=1S/C18H20N2O2S/c1-18(2,3)13-9-7-12(8-10-13)16(22)20-17(23)19-14-5-4-6-15(21)11-14/h4-11,21H,1-3H3,(H2,19,20,22,23). The van der Waals surface area contributed by atoms with Gasteiger partial charge in [0.1, 0.15) is 5.75 Å². The molecule has 0 radical (unpaired) electrons. The molecular formula is C18H20N2O2S. The molecule has 120 valence electrons. The highest BCUT2D eigenvalue weighted by Gasteiger charge is 2.14. The summed E-state index contributed by atoms with van der Waals surface area (Å²) in [6.45, 7) is 6.36. The highest BCUT2D eigenvalue weighted by molar-refractivity contribution is 7.80. The highest BCUT2D eigenvalue weighted by atomic mass is 32.1. The van der Waals surface area contributed by atoms with E-state index in [0.717, 1.165) is 5.56 Å². The van der Waals surface area contributed by atoms with Crippen LogP contribution in [0.5, 0.6) is 5.75 Å². The van der Waals surface area contributed by atoms with Crippen molar-refractivity contribution < 1.29 is 9.90 Å². The number of aromatic hydroxyl groups is 1. The number of anilines is 1. The second-order valence-electron chi connectivity index (χ2n) is 6.29. The molecule has 3 N–H and O–H groups in total. The second-order valence-corrected chi connectivity index (χ2v) is 6.69. The van der Waals surface area contributed by atoms with E-state index < -0.39 is 0 Å². The zero-order valence-corrected chi connectivity index (χ0v) is 14.2. The second kappa shape index (κ2) is 6.79. The topological polar surface area (TPSA) is 61.4 Å². The number of nitrogens with one attached hydrogen (secondary N) is 2. The van der Waals surface area contributed by atoms with Crippen LogP contribution in [0.3, 0.4) is 0 Å². The van der Waals surface area contributed by atoms with Crippen molar-refractivity contribution in [1.82, 2.24) is 5.32 Å². The zero-order valence-electron chi connectivity index (χ0n) is 13.4. The summed E-state index contributed by atoms with van der Waals surface area (Å²) < 4.78 is 0. The third-order valence-corrected chi connectivity index (χ3v) is 3.55. The first-order chi connectivity index (χ1) is 10.8. The molecule has 0 aliphatic rings. The summed E-state index contributed by atoms with van der Waals surface area (Å²) in [6.07, 6.45) is 0. The Morgan fingerprint density at radius 2 is 1.74 bits per heavy atom. The molecule has 5 heteroatoms. The maximum atomic E-state index is 12.2. The summed E-state index contributed by atoms with van der Waals surface area (Å²) >= 11 is 5.12. The quantitative estimate of drug-likeness (QED) is 0.734. The Kier molecular flexibility index (Phi) is 5.01. The van der Waals surface area contributed by atoms with Gasteiger partial charge in [0, 0.05) is 17.3 Å². The fourth-order valence-corrected chi connectivity index (χ4v) is 2.25. The van der Waals surface area contributed by atoms with E-state index in [4.69, 9.17) is 12.2 Å². The summed E-state index contributed by atoms with van der Waals surface area (Å²) in [5.74, 6) is -0.148. The van der Waals surface area contributed by atoms with Crippen molar-refractivity contribution in [2.45, 2.75) is 26.2 Å². The van der Waals surface area contributed by atoms with E-state index in [0.29, 0.717) is 11.3 Å². The molecule has 2 aromatic carbocycles. The summed E-state index contributed by atoms with van der Waals surface area (Å²) in [5, 5.41) is 15.1. The van der Waals surface area contributed by atoms with E-state index >= 15 is 0 Å². The lowest BCUT2D eigenvalue weighted by Gasteiger charge is -2.19. The monoisotopic (exact) mass is 328 g/mol. The SMILES string of the molecule is CC(C)(C)c1ccc(C(=O)NC(=S)Nc2cccc(O)c2)cc1. The molecule has 0 spiro atoms. The molecule has 0 saturated heterocycles. The van der Waals surface area contributed by atoms with Crippen molar-refractivity contribution in [2.75, 3.05) is 5.32 Å². The third kappa shape index (κ3) is 4.79. The third-order valence-electron chi connectivity index (χ3n) is 3.34. The molecule has 1 amide bonds. The smallest absolute Gasteiger partial charge is 0.257 e. The first-order valence-electron chi connectivity index (χ1n) is 7.27. The largest absolute Gasteiger partial charge is 0.508 e. The van der Waals surface area contributed by atoms with Gasteiger partial charge < -0.3 is 10.4 Å². The van der Waals surface area contributed by atoms with E-state index in [2.05, 4.69) is 31.4 Å². The Morgan fingerprint density at radius 1 is 1.09 bits per heavy atom. The number of carbonyl (C=O) groups is 1. The van der Waals surface area contributed by atoms with Gasteiger partial charge in [-0.15, -0.1) is 0 Å². The van der Waals surface area contributed by atoms with Crippen molar-refractivity contribution in [2.24, 2.45) is 0 Å². The lowest BCUT2D eigenvalue weighted by atomic mass is 9.87. The number of carbonyl (C=O) groups excluding carboxylic acids is 1. The van der Waals surface area contributed by atoms with Crippen LogP contribution in [0.4, 0.5) is 5.69 Å². The summed E-state index contributed by atoms with van der Waals surface area (Å²) in [7, 11) is 0. The molecule has 0 bridgehead atoms. The van der Waals surface area contributed by atoms with Gasteiger partial charge in [-0.25, -0.2) is 0 Å².